The van der Waals surface area contributed by atoms with Crippen molar-refractivity contribution in [2.24, 2.45) is 0 Å². The van der Waals surface area contributed by atoms with Crippen LogP contribution in [0.4, 0.5) is 5.69 Å². The maximum atomic E-state index is 13.4. The third-order valence-corrected chi connectivity index (χ3v) is 6.53. The number of aryl methyl sites for hydroxylation is 1. The Morgan fingerprint density at radius 3 is 2.42 bits per heavy atom. The van der Waals surface area contributed by atoms with Gasteiger partial charge in [-0.1, -0.05) is 66.0 Å². The molecule has 1 aliphatic rings. The molecule has 184 valence electrons. The van der Waals surface area contributed by atoms with E-state index in [0.29, 0.717) is 17.7 Å². The molecule has 1 saturated heterocycles. The first-order chi connectivity index (χ1) is 17.2. The minimum absolute atomic E-state index is 0.0945. The van der Waals surface area contributed by atoms with Gasteiger partial charge < -0.3 is 9.84 Å². The first kappa shape index (κ1) is 25.5. The Hall–Kier alpha value is -3.61. The second kappa shape index (κ2) is 10.6. The molecule has 1 amide bonds. The molecule has 4 rings (SSSR count). The molecule has 3 aromatic rings. The number of aliphatic hydroxyl groups is 1. The number of carbonyl (C=O) groups is 3. The number of nitrogens with zero attached hydrogens (tertiary/aromatic N) is 1. The highest BCUT2D eigenvalue weighted by molar-refractivity contribution is 6.52. The van der Waals surface area contributed by atoms with Gasteiger partial charge in [-0.25, -0.2) is 4.79 Å². The van der Waals surface area contributed by atoms with E-state index >= 15 is 0 Å². The van der Waals surface area contributed by atoms with Crippen LogP contribution in [-0.4, -0.2) is 29.4 Å². The van der Waals surface area contributed by atoms with Crippen LogP contribution in [-0.2, 0) is 14.3 Å². The third-order valence-electron chi connectivity index (χ3n) is 5.79. The molecule has 1 atom stereocenters. The SMILES string of the molecule is CCCOC(=O)c1cccc(N2C(=O)C(=O)/C(=C(/O)c3ccc(Cl)c(Cl)c3)C2c2cccc(C)c2)c1. The fraction of sp³-hybridized carbons (Fsp3) is 0.179. The minimum Gasteiger partial charge on any atom is -0.507 e. The van der Waals surface area contributed by atoms with Gasteiger partial charge in [-0.2, -0.15) is 0 Å². The van der Waals surface area contributed by atoms with Gasteiger partial charge in [0.05, 0.1) is 33.8 Å². The maximum Gasteiger partial charge on any atom is 0.338 e. The third kappa shape index (κ3) is 4.87. The number of hydrogen-bond acceptors (Lipinski definition) is 5. The average molecular weight is 524 g/mol. The van der Waals surface area contributed by atoms with E-state index in [0.717, 1.165) is 5.56 Å². The number of anilines is 1. The predicted molar refractivity (Wildman–Crippen MR) is 139 cm³/mol. The largest absolute Gasteiger partial charge is 0.507 e. The summed E-state index contributed by atoms with van der Waals surface area (Å²) in [6.45, 7) is 4.04. The Kier molecular flexibility index (Phi) is 7.48. The molecule has 1 aliphatic heterocycles. The predicted octanol–water partition coefficient (Wildman–Crippen LogP) is 6.49. The summed E-state index contributed by atoms with van der Waals surface area (Å²) in [5.74, 6) is -2.59. The highest BCUT2D eigenvalue weighted by atomic mass is 35.5. The van der Waals surface area contributed by atoms with Crippen LogP contribution in [0.1, 0.15) is 46.4 Å². The Morgan fingerprint density at radius 2 is 1.72 bits per heavy atom. The lowest BCUT2D eigenvalue weighted by atomic mass is 9.94. The smallest absolute Gasteiger partial charge is 0.338 e. The molecule has 1 N–H and O–H groups in total. The quantitative estimate of drug-likeness (QED) is 0.172. The van der Waals surface area contributed by atoms with Crippen molar-refractivity contribution in [3.8, 4) is 0 Å². The summed E-state index contributed by atoms with van der Waals surface area (Å²) in [6, 6.07) is 17.2. The average Bonchev–Trinajstić information content (AvgIpc) is 3.14. The summed E-state index contributed by atoms with van der Waals surface area (Å²) >= 11 is 12.2. The van der Waals surface area contributed by atoms with Crippen LogP contribution in [0.2, 0.25) is 10.0 Å². The second-order valence-electron chi connectivity index (χ2n) is 8.40. The molecule has 0 spiro atoms. The van der Waals surface area contributed by atoms with Crippen molar-refractivity contribution in [2.45, 2.75) is 26.3 Å². The van der Waals surface area contributed by atoms with Crippen LogP contribution in [0.5, 0.6) is 0 Å². The highest BCUT2D eigenvalue weighted by Crippen LogP contribution is 2.43. The summed E-state index contributed by atoms with van der Waals surface area (Å²) in [7, 11) is 0. The summed E-state index contributed by atoms with van der Waals surface area (Å²) in [4.78, 5) is 40.4. The molecule has 36 heavy (non-hydrogen) atoms. The number of esters is 1. The van der Waals surface area contributed by atoms with E-state index in [2.05, 4.69) is 0 Å². The first-order valence-corrected chi connectivity index (χ1v) is 12.1. The second-order valence-corrected chi connectivity index (χ2v) is 9.21. The van der Waals surface area contributed by atoms with Gasteiger partial charge in [-0.15, -0.1) is 0 Å². The molecule has 0 bridgehead atoms. The number of rotatable bonds is 6. The van der Waals surface area contributed by atoms with Crippen LogP contribution >= 0.6 is 23.2 Å². The van der Waals surface area contributed by atoms with Crippen LogP contribution in [0, 0.1) is 6.92 Å². The number of hydrogen-bond donors (Lipinski definition) is 1. The van der Waals surface area contributed by atoms with Gasteiger partial charge in [0.2, 0.25) is 0 Å². The molecule has 1 fully saturated rings. The molecule has 3 aromatic carbocycles. The van der Waals surface area contributed by atoms with Crippen LogP contribution in [0.25, 0.3) is 5.76 Å². The van der Waals surface area contributed by atoms with Gasteiger partial charge >= 0.3 is 5.97 Å². The zero-order valence-electron chi connectivity index (χ0n) is 19.6. The van der Waals surface area contributed by atoms with Crippen molar-refractivity contribution in [2.75, 3.05) is 11.5 Å². The highest BCUT2D eigenvalue weighted by Gasteiger charge is 2.47. The number of amides is 1. The number of aliphatic hydroxyl groups excluding tert-OH is 1. The van der Waals surface area contributed by atoms with E-state index in [4.69, 9.17) is 27.9 Å². The van der Waals surface area contributed by atoms with Gasteiger partial charge in [0.1, 0.15) is 5.76 Å². The number of ether oxygens (including phenoxy) is 1. The topological polar surface area (TPSA) is 83.9 Å². The van der Waals surface area contributed by atoms with Crippen molar-refractivity contribution >= 4 is 52.3 Å². The molecule has 8 heteroatoms. The monoisotopic (exact) mass is 523 g/mol. The zero-order chi connectivity index (χ0) is 26.0. The lowest BCUT2D eigenvalue weighted by Crippen LogP contribution is -2.29. The molecule has 6 nitrogen and oxygen atoms in total. The fourth-order valence-corrected chi connectivity index (χ4v) is 4.41. The Balaban J connectivity index is 1.89. The lowest BCUT2D eigenvalue weighted by Gasteiger charge is -2.26. The van der Waals surface area contributed by atoms with Gasteiger partial charge in [0.25, 0.3) is 11.7 Å². The maximum absolute atomic E-state index is 13.4. The zero-order valence-corrected chi connectivity index (χ0v) is 21.1. The van der Waals surface area contributed by atoms with E-state index in [-0.39, 0.29) is 39.1 Å². The van der Waals surface area contributed by atoms with Crippen molar-refractivity contribution in [1.82, 2.24) is 0 Å². The molecule has 0 radical (unpaired) electrons. The molecule has 0 aliphatic carbocycles. The summed E-state index contributed by atoms with van der Waals surface area (Å²) in [5, 5.41) is 11.7. The van der Waals surface area contributed by atoms with Gasteiger partial charge in [-0.3, -0.25) is 14.5 Å². The van der Waals surface area contributed by atoms with Crippen molar-refractivity contribution < 1.29 is 24.2 Å². The number of carbonyl (C=O) groups excluding carboxylic acids is 3. The molecule has 1 heterocycles. The van der Waals surface area contributed by atoms with Crippen molar-refractivity contribution in [3.05, 3.63) is 105 Å². The van der Waals surface area contributed by atoms with E-state index < -0.39 is 23.7 Å². The van der Waals surface area contributed by atoms with E-state index in [1.807, 2.05) is 32.0 Å². The molecule has 0 saturated carbocycles. The van der Waals surface area contributed by atoms with Crippen LogP contribution in [0.3, 0.4) is 0 Å². The minimum atomic E-state index is -0.943. The Labute approximate surface area is 218 Å². The van der Waals surface area contributed by atoms with Crippen molar-refractivity contribution in [1.29, 1.82) is 0 Å². The Morgan fingerprint density at radius 1 is 0.972 bits per heavy atom. The van der Waals surface area contributed by atoms with E-state index in [9.17, 15) is 19.5 Å². The standard InChI is InChI=1S/C28H23Cl2NO5/c1-3-12-36-28(35)19-8-5-9-20(14-19)31-24(17-7-4-6-16(2)13-17)23(26(33)27(31)34)25(32)18-10-11-21(29)22(30)15-18/h4-11,13-15,24,32H,3,12H2,1-2H3/b25-23+. The molecule has 1 unspecified atom stereocenters. The molecular weight excluding hydrogens is 501 g/mol. The van der Waals surface area contributed by atoms with Crippen LogP contribution < -0.4 is 4.90 Å². The van der Waals surface area contributed by atoms with E-state index in [1.54, 1.807) is 24.3 Å². The number of benzene rings is 3. The summed E-state index contributed by atoms with van der Waals surface area (Å²) in [5.41, 5.74) is 2.25. The Bertz CT molecular complexity index is 1400. The number of ketones is 1. The summed E-state index contributed by atoms with van der Waals surface area (Å²) in [6.07, 6.45) is 0.669. The first-order valence-electron chi connectivity index (χ1n) is 11.3. The van der Waals surface area contributed by atoms with Crippen molar-refractivity contribution in [3.63, 3.8) is 0 Å². The van der Waals surface area contributed by atoms with Gasteiger partial charge in [0, 0.05) is 11.3 Å². The van der Waals surface area contributed by atoms with Gasteiger partial charge in [-0.05, 0) is 55.3 Å². The van der Waals surface area contributed by atoms with E-state index in [1.165, 1.54) is 29.2 Å². The number of Topliss-reactive ketones (excluding diaryl/α,β-unsaturated/α-hetero) is 1. The van der Waals surface area contributed by atoms with Crippen LogP contribution in [0.15, 0.2) is 72.3 Å². The normalized spacial score (nSPS) is 16.9. The fourth-order valence-electron chi connectivity index (χ4n) is 4.11. The molecular formula is C28H23Cl2NO5. The van der Waals surface area contributed by atoms with Gasteiger partial charge in [0.15, 0.2) is 0 Å². The number of halogens is 2. The summed E-state index contributed by atoms with van der Waals surface area (Å²) < 4.78 is 5.23. The lowest BCUT2D eigenvalue weighted by molar-refractivity contribution is -0.132. The molecule has 0 aromatic heterocycles.